The molecule has 2 aliphatic heterocycles. The van der Waals surface area contributed by atoms with E-state index in [9.17, 15) is 9.00 Å². The van der Waals surface area contributed by atoms with Crippen LogP contribution in [0.25, 0.3) is 0 Å². The second kappa shape index (κ2) is 15.6. The maximum Gasteiger partial charge on any atom is 0.320 e. The van der Waals surface area contributed by atoms with Gasteiger partial charge in [-0.25, -0.2) is 13.6 Å². The molecule has 2 aliphatic rings. The summed E-state index contributed by atoms with van der Waals surface area (Å²) in [5.74, 6) is 0.692. The smallest absolute Gasteiger partial charge is 0.320 e. The lowest BCUT2D eigenvalue weighted by molar-refractivity contribution is -0.156. The SMILES string of the molecule is CN([SH]=O)c1ccccc1Nc1nc(Nc2ccc(N3CCC(CN4CCN(CC(=O)OC(C)(C)C)CC4)CC3)c(F)c2)ncc1Cl. The Bertz CT molecular complexity index is 1540. The molecule has 0 unspecified atom stereocenters. The molecule has 47 heavy (non-hydrogen) atoms. The van der Waals surface area contributed by atoms with Crippen LogP contribution in [0.1, 0.15) is 33.6 Å². The zero-order valence-electron chi connectivity index (χ0n) is 27.4. The molecule has 2 aromatic carbocycles. The number of hydrogen-bond acceptors (Lipinski definition) is 10. The number of thiol groups is 1. The van der Waals surface area contributed by atoms with Gasteiger partial charge in [-0.15, -0.1) is 0 Å². The van der Waals surface area contributed by atoms with Crippen LogP contribution in [0.3, 0.4) is 0 Å². The van der Waals surface area contributed by atoms with Crippen LogP contribution in [0.15, 0.2) is 48.7 Å². The van der Waals surface area contributed by atoms with Crippen LogP contribution in [0.2, 0.25) is 5.02 Å². The highest BCUT2D eigenvalue weighted by atomic mass is 35.5. The van der Waals surface area contributed by atoms with Gasteiger partial charge in [0.05, 0.1) is 29.8 Å². The molecule has 14 heteroatoms. The summed E-state index contributed by atoms with van der Waals surface area (Å²) >= 11 is 6.22. The lowest BCUT2D eigenvalue weighted by atomic mass is 9.95. The van der Waals surface area contributed by atoms with Gasteiger partial charge in [0.15, 0.2) is 5.82 Å². The van der Waals surface area contributed by atoms with E-state index >= 15 is 4.39 Å². The zero-order valence-corrected chi connectivity index (χ0v) is 29.0. The maximum absolute atomic E-state index is 15.4. The average Bonchev–Trinajstić information content (AvgIpc) is 3.03. The van der Waals surface area contributed by atoms with Gasteiger partial charge in [-0.05, 0) is 69.9 Å². The summed E-state index contributed by atoms with van der Waals surface area (Å²) in [5, 5.41) is 6.56. The topological polar surface area (TPSA) is 106 Å². The van der Waals surface area contributed by atoms with Crippen LogP contribution >= 0.6 is 11.6 Å². The van der Waals surface area contributed by atoms with E-state index in [-0.39, 0.29) is 29.6 Å². The molecule has 3 aromatic rings. The van der Waals surface area contributed by atoms with Crippen LogP contribution in [0.5, 0.6) is 0 Å². The molecular weight excluding hydrogens is 643 g/mol. The van der Waals surface area contributed by atoms with Crippen molar-refractivity contribution >= 4 is 63.9 Å². The predicted molar refractivity (Wildman–Crippen MR) is 188 cm³/mol. The van der Waals surface area contributed by atoms with E-state index in [0.29, 0.717) is 46.1 Å². The number of anilines is 6. The summed E-state index contributed by atoms with van der Waals surface area (Å²) < 4.78 is 33.8. The minimum absolute atomic E-state index is 0.154. The number of piperazine rings is 1. The first kappa shape index (κ1) is 34.8. The van der Waals surface area contributed by atoms with Crippen molar-refractivity contribution in [2.24, 2.45) is 5.92 Å². The number of rotatable bonds is 11. The summed E-state index contributed by atoms with van der Waals surface area (Å²) in [4.78, 5) is 27.7. The Balaban J connectivity index is 1.11. The molecule has 0 aliphatic carbocycles. The van der Waals surface area contributed by atoms with Crippen LogP contribution < -0.4 is 19.8 Å². The molecule has 5 rings (SSSR count). The van der Waals surface area contributed by atoms with Crippen LogP contribution in [-0.2, 0) is 21.4 Å². The van der Waals surface area contributed by atoms with Crippen LogP contribution in [-0.4, -0.2) is 95.0 Å². The number of esters is 1. The number of benzene rings is 2. The first-order valence-corrected chi connectivity index (χ1v) is 17.1. The fourth-order valence-corrected chi connectivity index (χ4v) is 6.33. The Hall–Kier alpha value is -3.52. The summed E-state index contributed by atoms with van der Waals surface area (Å²) in [7, 11) is 1.70. The Labute approximate surface area is 285 Å². The minimum Gasteiger partial charge on any atom is -0.459 e. The largest absolute Gasteiger partial charge is 0.459 e. The average molecular weight is 687 g/mol. The standard InChI is InChI=1S/C33H44ClFN8O3S/c1-33(2,3)46-30(44)22-42-17-15-41(16-18-42)21-23-11-13-43(14-12-23)28-10-9-24(19-26(28)35)37-32-36-20-25(34)31(39-32)38-27-7-5-6-8-29(27)40(4)47-45/h5-10,19-20,23,47H,11-18,21-22H2,1-4H3,(H2,36,37,38,39). The third-order valence-electron chi connectivity index (χ3n) is 8.29. The predicted octanol–water partition coefficient (Wildman–Crippen LogP) is 5.23. The molecule has 3 heterocycles. The van der Waals surface area contributed by atoms with Gasteiger partial charge >= 0.3 is 5.97 Å². The molecule has 0 spiro atoms. The number of aromatic nitrogens is 2. The molecule has 254 valence electrons. The van der Waals surface area contributed by atoms with Gasteiger partial charge in [0.2, 0.25) is 5.95 Å². The number of nitrogens with one attached hydrogen (secondary N) is 2. The normalized spacial score (nSPS) is 16.6. The molecule has 2 N–H and O–H groups in total. The van der Waals surface area contributed by atoms with E-state index in [1.54, 1.807) is 17.4 Å². The summed E-state index contributed by atoms with van der Waals surface area (Å²) in [5.41, 5.74) is 2.01. The second-order valence-corrected chi connectivity index (χ2v) is 14.2. The highest BCUT2D eigenvalue weighted by Gasteiger charge is 2.27. The van der Waals surface area contributed by atoms with Gasteiger partial charge in [-0.2, -0.15) is 4.98 Å². The van der Waals surface area contributed by atoms with E-state index in [4.69, 9.17) is 16.3 Å². The quantitative estimate of drug-likeness (QED) is 0.184. The Morgan fingerprint density at radius 2 is 1.77 bits per heavy atom. The van der Waals surface area contributed by atoms with Gasteiger partial charge in [-0.3, -0.25) is 14.0 Å². The van der Waals surface area contributed by atoms with E-state index < -0.39 is 5.60 Å². The monoisotopic (exact) mass is 686 g/mol. The Morgan fingerprint density at radius 1 is 1.06 bits per heavy atom. The number of nitrogens with zero attached hydrogens (tertiary/aromatic N) is 6. The fourth-order valence-electron chi connectivity index (χ4n) is 5.93. The minimum atomic E-state index is -0.461. The lowest BCUT2D eigenvalue weighted by Crippen LogP contribution is -2.50. The molecule has 1 aromatic heterocycles. The van der Waals surface area contributed by atoms with Gasteiger partial charge in [0, 0.05) is 58.5 Å². The Morgan fingerprint density at radius 3 is 2.45 bits per heavy atom. The van der Waals surface area contributed by atoms with Gasteiger partial charge in [0.25, 0.3) is 0 Å². The van der Waals surface area contributed by atoms with Crippen molar-refractivity contribution < 1.29 is 18.1 Å². The summed E-state index contributed by atoms with van der Waals surface area (Å²) in [6.45, 7) is 12.2. The van der Waals surface area contributed by atoms with Crippen LogP contribution in [0, 0.1) is 11.7 Å². The van der Waals surface area contributed by atoms with Crippen molar-refractivity contribution in [3.8, 4) is 0 Å². The zero-order chi connectivity index (χ0) is 33.6. The Kier molecular flexibility index (Phi) is 11.5. The van der Waals surface area contributed by atoms with E-state index in [1.807, 2.05) is 51.1 Å². The van der Waals surface area contributed by atoms with Gasteiger partial charge in [-0.1, -0.05) is 23.7 Å². The number of carbonyl (C=O) groups excluding carboxylic acids is 1. The highest BCUT2D eigenvalue weighted by Crippen LogP contribution is 2.32. The molecule has 11 nitrogen and oxygen atoms in total. The lowest BCUT2D eigenvalue weighted by Gasteiger charge is -2.39. The summed E-state index contributed by atoms with van der Waals surface area (Å²) in [6.07, 6.45) is 3.47. The molecule has 0 saturated carbocycles. The van der Waals surface area contributed by atoms with Gasteiger partial charge in [0.1, 0.15) is 28.3 Å². The van der Waals surface area contributed by atoms with Crippen molar-refractivity contribution in [3.05, 3.63) is 59.5 Å². The maximum atomic E-state index is 15.4. The number of ether oxygens (including phenoxy) is 1. The first-order chi connectivity index (χ1) is 22.5. The number of carbonyl (C=O) groups is 1. The molecular formula is C33H44ClFN8O3S. The van der Waals surface area contributed by atoms with Crippen LogP contribution in [0.4, 0.5) is 38.9 Å². The van der Waals surface area contributed by atoms with Crippen molar-refractivity contribution in [2.45, 2.75) is 39.2 Å². The number of piperidine rings is 1. The third-order valence-corrected chi connectivity index (χ3v) is 9.02. The van der Waals surface area contributed by atoms with Crippen molar-refractivity contribution in [1.82, 2.24) is 19.8 Å². The van der Waals surface area contributed by atoms with Gasteiger partial charge < -0.3 is 25.2 Å². The fraction of sp³-hybridized carbons (Fsp3) is 0.485. The molecule has 0 atom stereocenters. The van der Waals surface area contributed by atoms with E-state index in [0.717, 1.165) is 58.7 Å². The molecule has 0 amide bonds. The van der Waals surface area contributed by atoms with Crippen molar-refractivity contribution in [3.63, 3.8) is 0 Å². The first-order valence-electron chi connectivity index (χ1n) is 15.9. The molecule has 2 saturated heterocycles. The van der Waals surface area contributed by atoms with E-state index in [2.05, 4.69) is 35.3 Å². The molecule has 0 radical (unpaired) electrons. The summed E-state index contributed by atoms with van der Waals surface area (Å²) in [6, 6.07) is 12.4. The second-order valence-electron chi connectivity index (χ2n) is 13.0. The number of halogens is 2. The number of para-hydroxylation sites is 2. The van der Waals surface area contributed by atoms with Crippen molar-refractivity contribution in [2.75, 3.05) is 79.2 Å². The number of hydrogen-bond donors (Lipinski definition) is 3. The third kappa shape index (κ3) is 9.75. The van der Waals surface area contributed by atoms with E-state index in [1.165, 1.54) is 12.3 Å². The molecule has 0 bridgehead atoms. The van der Waals surface area contributed by atoms with Crippen molar-refractivity contribution in [1.29, 1.82) is 0 Å². The molecule has 2 fully saturated rings. The highest BCUT2D eigenvalue weighted by molar-refractivity contribution is 7.67.